The van der Waals surface area contributed by atoms with Crippen molar-refractivity contribution < 1.29 is 5.11 Å². The fourth-order valence-corrected chi connectivity index (χ4v) is 3.43. The lowest BCUT2D eigenvalue weighted by atomic mass is 9.81. The molecule has 0 aromatic carbocycles. The summed E-state index contributed by atoms with van der Waals surface area (Å²) in [5.41, 5.74) is 0.350. The minimum atomic E-state index is -0.0895. The molecule has 1 heterocycles. The Labute approximate surface area is 109 Å². The Morgan fingerprint density at radius 2 is 2.06 bits per heavy atom. The second-order valence-electron chi connectivity index (χ2n) is 6.31. The molecular weight excluding hydrogens is 266 g/mol. The number of hydrogen-bond donors (Lipinski definition) is 1. The van der Waals surface area contributed by atoms with Gasteiger partial charge in [-0.15, -0.1) is 0 Å². The fraction of sp³-hybridized carbons (Fsp3) is 1.00. The first-order valence-electron chi connectivity index (χ1n) is 6.31. The van der Waals surface area contributed by atoms with Gasteiger partial charge in [0.05, 0.1) is 6.10 Å². The summed E-state index contributed by atoms with van der Waals surface area (Å²) in [4.78, 5) is 2.51. The van der Waals surface area contributed by atoms with Crippen LogP contribution in [0, 0.1) is 17.3 Å². The Balaban J connectivity index is 2.47. The smallest absolute Gasteiger partial charge is 0.0590 e. The van der Waals surface area contributed by atoms with Gasteiger partial charge in [-0.2, -0.15) is 0 Å². The largest absolute Gasteiger partial charge is 0.393 e. The number of aliphatic hydroxyl groups excluding tert-OH is 1. The molecule has 96 valence electrons. The van der Waals surface area contributed by atoms with Crippen LogP contribution in [0.25, 0.3) is 0 Å². The number of halogens is 1. The summed E-state index contributed by atoms with van der Waals surface area (Å²) >= 11 is 3.63. The third-order valence-electron chi connectivity index (χ3n) is 3.83. The lowest BCUT2D eigenvalue weighted by molar-refractivity contribution is 0.0230. The zero-order valence-corrected chi connectivity index (χ0v) is 12.6. The molecule has 2 nitrogen and oxygen atoms in total. The summed E-state index contributed by atoms with van der Waals surface area (Å²) in [5.74, 6) is 1.10. The van der Waals surface area contributed by atoms with Crippen LogP contribution in [0.1, 0.15) is 34.1 Å². The minimum absolute atomic E-state index is 0.0895. The standard InChI is InChI=1S/C13H26BrNO/c1-10-8-15(6-5-12(10)16)9-11(7-14)13(2,3)4/h10-12,16H,5-9H2,1-4H3. The van der Waals surface area contributed by atoms with Crippen LogP contribution in [0.2, 0.25) is 0 Å². The molecule has 0 radical (unpaired) electrons. The van der Waals surface area contributed by atoms with E-state index >= 15 is 0 Å². The Morgan fingerprint density at radius 3 is 2.50 bits per heavy atom. The molecule has 1 fully saturated rings. The van der Waals surface area contributed by atoms with Crippen molar-refractivity contribution in [2.24, 2.45) is 17.3 Å². The van der Waals surface area contributed by atoms with Gasteiger partial charge >= 0.3 is 0 Å². The predicted molar refractivity (Wildman–Crippen MR) is 73.0 cm³/mol. The van der Waals surface area contributed by atoms with Gasteiger partial charge in [0.15, 0.2) is 0 Å². The van der Waals surface area contributed by atoms with Gasteiger partial charge in [0.2, 0.25) is 0 Å². The van der Waals surface area contributed by atoms with E-state index in [0.29, 0.717) is 17.3 Å². The molecule has 1 aliphatic heterocycles. The van der Waals surface area contributed by atoms with E-state index < -0.39 is 0 Å². The van der Waals surface area contributed by atoms with E-state index in [-0.39, 0.29) is 6.10 Å². The average Bonchev–Trinajstić information content (AvgIpc) is 2.18. The molecule has 1 aliphatic rings. The molecule has 0 bridgehead atoms. The van der Waals surface area contributed by atoms with Crippen LogP contribution in [0.4, 0.5) is 0 Å². The molecule has 3 heteroatoms. The van der Waals surface area contributed by atoms with E-state index in [1.54, 1.807) is 0 Å². The maximum Gasteiger partial charge on any atom is 0.0590 e. The molecule has 1 N–H and O–H groups in total. The van der Waals surface area contributed by atoms with Gasteiger partial charge in [0.1, 0.15) is 0 Å². The molecule has 0 amide bonds. The highest BCUT2D eigenvalue weighted by atomic mass is 79.9. The van der Waals surface area contributed by atoms with Crippen molar-refractivity contribution in [3.63, 3.8) is 0 Å². The van der Waals surface area contributed by atoms with Gasteiger partial charge in [0.25, 0.3) is 0 Å². The Hall–Kier alpha value is 0.400. The number of piperidine rings is 1. The number of alkyl halides is 1. The van der Waals surface area contributed by atoms with Gasteiger partial charge in [-0.25, -0.2) is 0 Å². The van der Waals surface area contributed by atoms with Crippen molar-refractivity contribution in [1.82, 2.24) is 4.90 Å². The van der Waals surface area contributed by atoms with E-state index in [1.165, 1.54) is 0 Å². The highest BCUT2D eigenvalue weighted by molar-refractivity contribution is 9.09. The summed E-state index contributed by atoms with van der Waals surface area (Å²) in [5, 5.41) is 10.8. The number of nitrogens with zero attached hydrogens (tertiary/aromatic N) is 1. The normalized spacial score (nSPS) is 30.4. The zero-order valence-electron chi connectivity index (χ0n) is 11.0. The number of aliphatic hydroxyl groups is 1. The van der Waals surface area contributed by atoms with Crippen LogP contribution in [0.3, 0.4) is 0 Å². The summed E-state index contributed by atoms with van der Waals surface area (Å²) < 4.78 is 0. The highest BCUT2D eigenvalue weighted by Crippen LogP contribution is 2.29. The monoisotopic (exact) mass is 291 g/mol. The number of hydrogen-bond acceptors (Lipinski definition) is 2. The quantitative estimate of drug-likeness (QED) is 0.809. The van der Waals surface area contributed by atoms with Crippen LogP contribution in [-0.2, 0) is 0 Å². The second-order valence-corrected chi connectivity index (χ2v) is 6.96. The maximum absolute atomic E-state index is 9.71. The molecule has 0 aliphatic carbocycles. The van der Waals surface area contributed by atoms with E-state index in [9.17, 15) is 5.11 Å². The van der Waals surface area contributed by atoms with E-state index in [4.69, 9.17) is 0 Å². The lowest BCUT2D eigenvalue weighted by Crippen LogP contribution is -2.45. The van der Waals surface area contributed by atoms with Gasteiger partial charge in [-0.3, -0.25) is 0 Å². The molecular formula is C13H26BrNO. The summed E-state index contributed by atoms with van der Waals surface area (Å²) in [7, 11) is 0. The zero-order chi connectivity index (χ0) is 12.3. The summed E-state index contributed by atoms with van der Waals surface area (Å²) in [6, 6.07) is 0. The van der Waals surface area contributed by atoms with Gasteiger partial charge < -0.3 is 10.0 Å². The van der Waals surface area contributed by atoms with Gasteiger partial charge in [-0.05, 0) is 23.7 Å². The van der Waals surface area contributed by atoms with E-state index in [0.717, 1.165) is 31.4 Å². The topological polar surface area (TPSA) is 23.5 Å². The van der Waals surface area contributed by atoms with Crippen LogP contribution >= 0.6 is 15.9 Å². The Morgan fingerprint density at radius 1 is 1.44 bits per heavy atom. The third kappa shape index (κ3) is 4.01. The second kappa shape index (κ2) is 5.83. The third-order valence-corrected chi connectivity index (χ3v) is 4.62. The first kappa shape index (κ1) is 14.5. The SMILES string of the molecule is CC1CN(CC(CBr)C(C)(C)C)CCC1O. The molecule has 0 aromatic heterocycles. The molecule has 3 unspecified atom stereocenters. The Kier molecular flexibility index (Phi) is 5.27. The fourth-order valence-electron chi connectivity index (χ4n) is 2.25. The molecule has 1 rings (SSSR count). The van der Waals surface area contributed by atoms with E-state index in [2.05, 4.69) is 48.5 Å². The average molecular weight is 292 g/mol. The minimum Gasteiger partial charge on any atom is -0.393 e. The number of likely N-dealkylation sites (tertiary alicyclic amines) is 1. The van der Waals surface area contributed by atoms with Crippen molar-refractivity contribution in [3.8, 4) is 0 Å². The van der Waals surface area contributed by atoms with Crippen LogP contribution in [0.15, 0.2) is 0 Å². The maximum atomic E-state index is 9.71. The van der Waals surface area contributed by atoms with Crippen molar-refractivity contribution in [3.05, 3.63) is 0 Å². The van der Waals surface area contributed by atoms with Crippen molar-refractivity contribution in [2.45, 2.75) is 40.2 Å². The van der Waals surface area contributed by atoms with Crippen LogP contribution < -0.4 is 0 Å². The molecule has 16 heavy (non-hydrogen) atoms. The first-order chi connectivity index (χ1) is 7.34. The van der Waals surface area contributed by atoms with Crippen molar-refractivity contribution in [1.29, 1.82) is 0 Å². The molecule has 0 spiro atoms. The van der Waals surface area contributed by atoms with Crippen LogP contribution in [-0.4, -0.2) is 41.1 Å². The van der Waals surface area contributed by atoms with Crippen LogP contribution in [0.5, 0.6) is 0 Å². The van der Waals surface area contributed by atoms with E-state index in [1.807, 2.05) is 0 Å². The van der Waals surface area contributed by atoms with Gasteiger partial charge in [-0.1, -0.05) is 43.6 Å². The molecule has 1 saturated heterocycles. The predicted octanol–water partition coefficient (Wildman–Crippen LogP) is 2.75. The van der Waals surface area contributed by atoms with Gasteiger partial charge in [0, 0.05) is 25.0 Å². The van der Waals surface area contributed by atoms with Crippen molar-refractivity contribution >= 4 is 15.9 Å². The summed E-state index contributed by atoms with van der Waals surface area (Å²) in [6.45, 7) is 12.3. The highest BCUT2D eigenvalue weighted by Gasteiger charge is 2.29. The van der Waals surface area contributed by atoms with Crippen molar-refractivity contribution in [2.75, 3.05) is 25.0 Å². The number of rotatable bonds is 3. The Bertz CT molecular complexity index is 214. The molecule has 0 aromatic rings. The molecule has 3 atom stereocenters. The summed E-state index contributed by atoms with van der Waals surface area (Å²) in [6.07, 6.45) is 0.841. The lowest BCUT2D eigenvalue weighted by Gasteiger charge is -2.39. The molecule has 0 saturated carbocycles. The first-order valence-corrected chi connectivity index (χ1v) is 7.43.